The van der Waals surface area contributed by atoms with Gasteiger partial charge in [0.15, 0.2) is 0 Å². The largest absolute Gasteiger partial charge is 0.444 e. The molecule has 1 aliphatic carbocycles. The first kappa shape index (κ1) is 19.9. The maximum atomic E-state index is 13.4. The van der Waals surface area contributed by atoms with Crippen LogP contribution in [0, 0.1) is 23.6 Å². The van der Waals surface area contributed by atoms with Crippen LogP contribution in [-0.4, -0.2) is 36.3 Å². The third kappa shape index (κ3) is 5.58. The monoisotopic (exact) mass is 378 g/mol. The van der Waals surface area contributed by atoms with Crippen LogP contribution in [0.4, 0.5) is 14.9 Å². The number of nitrogens with two attached hydrogens (primary N) is 1. The molecule has 1 amide bonds. The molecule has 5 nitrogen and oxygen atoms in total. The summed E-state index contributed by atoms with van der Waals surface area (Å²) in [5, 5.41) is 0. The van der Waals surface area contributed by atoms with Crippen LogP contribution in [0.25, 0.3) is 0 Å². The Bertz CT molecular complexity index is 666. The van der Waals surface area contributed by atoms with Crippen LogP contribution in [0.3, 0.4) is 0 Å². The number of piperidine rings is 1. The van der Waals surface area contributed by atoms with Gasteiger partial charge in [0.2, 0.25) is 0 Å². The predicted molar refractivity (Wildman–Crippen MR) is 103 cm³/mol. The van der Waals surface area contributed by atoms with Crippen molar-refractivity contribution in [3.05, 3.63) is 29.6 Å². The van der Waals surface area contributed by atoms with Gasteiger partial charge in [-0.3, -0.25) is 0 Å². The summed E-state index contributed by atoms with van der Waals surface area (Å²) in [5.74, 6) is 1.54. The molecule has 2 fully saturated rings. The minimum Gasteiger partial charge on any atom is -0.444 e. The summed E-state index contributed by atoms with van der Waals surface area (Å²) >= 11 is 0. The zero-order valence-corrected chi connectivity index (χ0v) is 16.5. The molecule has 2 N–H and O–H groups in total. The standard InChI is InChI=1S/C21H31FN2O3/c1-21(2,3)27-20(25)24-8-6-15(7-9-24)17-11-16(17)13-26-12-14-4-5-19(23)18(22)10-14/h4-5,10,15-17H,6-9,11-13,23H2,1-3H3/t16-,17+/m0/s1. The lowest BCUT2D eigenvalue weighted by Gasteiger charge is -2.33. The van der Waals surface area contributed by atoms with Gasteiger partial charge in [0, 0.05) is 13.1 Å². The number of amides is 1. The molecule has 1 aliphatic heterocycles. The number of carbonyl (C=O) groups is 1. The molecule has 2 atom stereocenters. The Labute approximate surface area is 161 Å². The van der Waals surface area contributed by atoms with E-state index in [0.717, 1.165) is 31.5 Å². The van der Waals surface area contributed by atoms with E-state index < -0.39 is 11.4 Å². The number of carbonyl (C=O) groups excluding carboxylic acids is 1. The van der Waals surface area contributed by atoms with Crippen LogP contribution in [0.2, 0.25) is 0 Å². The quantitative estimate of drug-likeness (QED) is 0.780. The Morgan fingerprint density at radius 3 is 2.63 bits per heavy atom. The molecule has 1 saturated heterocycles. The van der Waals surface area contributed by atoms with E-state index in [1.807, 2.05) is 25.7 Å². The van der Waals surface area contributed by atoms with Crippen molar-refractivity contribution in [3.63, 3.8) is 0 Å². The van der Waals surface area contributed by atoms with E-state index >= 15 is 0 Å². The van der Waals surface area contributed by atoms with Crippen LogP contribution in [0.15, 0.2) is 18.2 Å². The Hall–Kier alpha value is -1.82. The van der Waals surface area contributed by atoms with Gasteiger partial charge in [0.1, 0.15) is 11.4 Å². The summed E-state index contributed by atoms with van der Waals surface area (Å²) in [4.78, 5) is 14.0. The summed E-state index contributed by atoms with van der Waals surface area (Å²) < 4.78 is 24.7. The van der Waals surface area contributed by atoms with E-state index in [0.29, 0.717) is 31.0 Å². The third-order valence-corrected chi connectivity index (χ3v) is 5.44. The molecule has 6 heteroatoms. The topological polar surface area (TPSA) is 64.8 Å². The first-order valence-electron chi connectivity index (χ1n) is 9.82. The van der Waals surface area contributed by atoms with Gasteiger partial charge in [0.05, 0.1) is 18.9 Å². The zero-order valence-electron chi connectivity index (χ0n) is 16.5. The smallest absolute Gasteiger partial charge is 0.410 e. The number of ether oxygens (including phenoxy) is 2. The molecule has 0 bridgehead atoms. The number of nitrogens with zero attached hydrogens (tertiary/aromatic N) is 1. The number of likely N-dealkylation sites (tertiary alicyclic amines) is 1. The molecule has 3 rings (SSSR count). The number of nitrogen functional groups attached to an aromatic ring is 1. The fraction of sp³-hybridized carbons (Fsp3) is 0.667. The van der Waals surface area contributed by atoms with Crippen LogP contribution < -0.4 is 5.73 Å². The molecule has 1 aromatic carbocycles. The van der Waals surface area contributed by atoms with Gasteiger partial charge >= 0.3 is 6.09 Å². The highest BCUT2D eigenvalue weighted by Crippen LogP contribution is 2.48. The second-order valence-corrected chi connectivity index (χ2v) is 8.84. The molecular formula is C21H31FN2O3. The minimum atomic E-state index is -0.444. The van der Waals surface area contributed by atoms with Gasteiger partial charge in [-0.25, -0.2) is 9.18 Å². The minimum absolute atomic E-state index is 0.165. The SMILES string of the molecule is CC(C)(C)OC(=O)N1CCC([C@H]2C[C@H]2COCc2ccc(N)c(F)c2)CC1. The molecule has 0 unspecified atom stereocenters. The van der Waals surface area contributed by atoms with Crippen molar-refractivity contribution in [3.8, 4) is 0 Å². The Kier molecular flexibility index (Phi) is 5.94. The van der Waals surface area contributed by atoms with Gasteiger partial charge in [-0.05, 0) is 75.5 Å². The van der Waals surface area contributed by atoms with Crippen molar-refractivity contribution in [1.82, 2.24) is 4.90 Å². The van der Waals surface area contributed by atoms with Crippen LogP contribution in [-0.2, 0) is 16.1 Å². The summed E-state index contributed by atoms with van der Waals surface area (Å²) in [6, 6.07) is 4.81. The average molecular weight is 378 g/mol. The van der Waals surface area contributed by atoms with E-state index in [1.165, 1.54) is 12.5 Å². The molecule has 2 aliphatic rings. The number of rotatable bonds is 5. The molecule has 1 saturated carbocycles. The Morgan fingerprint density at radius 1 is 1.30 bits per heavy atom. The molecule has 27 heavy (non-hydrogen) atoms. The van der Waals surface area contributed by atoms with E-state index in [9.17, 15) is 9.18 Å². The molecule has 0 spiro atoms. The number of benzene rings is 1. The van der Waals surface area contributed by atoms with E-state index in [2.05, 4.69) is 0 Å². The number of halogens is 1. The van der Waals surface area contributed by atoms with Crippen molar-refractivity contribution in [2.45, 2.75) is 52.2 Å². The lowest BCUT2D eigenvalue weighted by atomic mass is 9.91. The second kappa shape index (κ2) is 8.05. The average Bonchev–Trinajstić information content (AvgIpc) is 3.36. The first-order chi connectivity index (χ1) is 12.7. The van der Waals surface area contributed by atoms with Gasteiger partial charge in [-0.1, -0.05) is 6.07 Å². The molecule has 0 radical (unpaired) electrons. The van der Waals surface area contributed by atoms with Gasteiger partial charge in [-0.2, -0.15) is 0 Å². The summed E-state index contributed by atoms with van der Waals surface area (Å²) in [5.41, 5.74) is 6.02. The fourth-order valence-corrected chi connectivity index (χ4v) is 3.87. The number of hydrogen-bond acceptors (Lipinski definition) is 4. The zero-order chi connectivity index (χ0) is 19.6. The highest BCUT2D eigenvalue weighted by molar-refractivity contribution is 5.68. The number of hydrogen-bond donors (Lipinski definition) is 1. The van der Waals surface area contributed by atoms with Gasteiger partial charge in [0.25, 0.3) is 0 Å². The van der Waals surface area contributed by atoms with Crippen molar-refractivity contribution in [2.24, 2.45) is 17.8 Å². The maximum absolute atomic E-state index is 13.4. The fourth-order valence-electron chi connectivity index (χ4n) is 3.87. The Morgan fingerprint density at radius 2 is 2.00 bits per heavy atom. The van der Waals surface area contributed by atoms with E-state index in [-0.39, 0.29) is 11.8 Å². The maximum Gasteiger partial charge on any atom is 0.410 e. The van der Waals surface area contributed by atoms with Gasteiger partial charge < -0.3 is 20.1 Å². The van der Waals surface area contributed by atoms with Crippen molar-refractivity contribution < 1.29 is 18.7 Å². The highest BCUT2D eigenvalue weighted by Gasteiger charge is 2.44. The molecule has 1 aromatic rings. The highest BCUT2D eigenvalue weighted by atomic mass is 19.1. The van der Waals surface area contributed by atoms with Crippen molar-refractivity contribution in [1.29, 1.82) is 0 Å². The van der Waals surface area contributed by atoms with Crippen LogP contribution in [0.1, 0.15) is 45.6 Å². The van der Waals surface area contributed by atoms with E-state index in [4.69, 9.17) is 15.2 Å². The normalized spacial score (nSPS) is 23.3. The first-order valence-corrected chi connectivity index (χ1v) is 9.82. The van der Waals surface area contributed by atoms with Crippen LogP contribution in [0.5, 0.6) is 0 Å². The second-order valence-electron chi connectivity index (χ2n) is 8.84. The van der Waals surface area contributed by atoms with Gasteiger partial charge in [-0.15, -0.1) is 0 Å². The molecule has 0 aromatic heterocycles. The third-order valence-electron chi connectivity index (χ3n) is 5.44. The number of anilines is 1. The summed E-state index contributed by atoms with van der Waals surface area (Å²) in [6.07, 6.45) is 3.05. The predicted octanol–water partition coefficient (Wildman–Crippen LogP) is 4.21. The summed E-state index contributed by atoms with van der Waals surface area (Å²) in [6.45, 7) is 8.35. The summed E-state index contributed by atoms with van der Waals surface area (Å²) in [7, 11) is 0. The van der Waals surface area contributed by atoms with Crippen LogP contribution >= 0.6 is 0 Å². The lowest BCUT2D eigenvalue weighted by Crippen LogP contribution is -2.42. The molecule has 150 valence electrons. The molecule has 1 heterocycles. The van der Waals surface area contributed by atoms with E-state index in [1.54, 1.807) is 12.1 Å². The van der Waals surface area contributed by atoms with Crippen molar-refractivity contribution >= 4 is 11.8 Å². The Balaban J connectivity index is 1.35. The molecular weight excluding hydrogens is 347 g/mol. The van der Waals surface area contributed by atoms with Crippen molar-refractivity contribution in [2.75, 3.05) is 25.4 Å². The lowest BCUT2D eigenvalue weighted by molar-refractivity contribution is 0.0170.